The van der Waals surface area contributed by atoms with Crippen LogP contribution in [-0.4, -0.2) is 0 Å². The predicted molar refractivity (Wildman–Crippen MR) is 154 cm³/mol. The topological polar surface area (TPSA) is 18.5 Å². The molecular weight excluding hydrogens is 471 g/mol. The van der Waals surface area contributed by atoms with Crippen LogP contribution in [0.5, 0.6) is 23.0 Å². The predicted octanol–water partition coefficient (Wildman–Crippen LogP) is 8.14. The van der Waals surface area contributed by atoms with E-state index in [-0.39, 0.29) is 0 Å². The SMILES string of the molecule is c1ccc(-c2ccccc2-c2cc3c4c(c2)Oc2c(ccc5ccccc25)P4c2ccccc2O3)cc1. The number of fused-ring (bicyclic) bond motifs is 6. The molecule has 2 aliphatic heterocycles. The second-order valence-corrected chi connectivity index (χ2v) is 11.5. The van der Waals surface area contributed by atoms with Crippen LogP contribution >= 0.6 is 7.92 Å². The molecule has 0 bridgehead atoms. The molecule has 8 rings (SSSR count). The van der Waals surface area contributed by atoms with Gasteiger partial charge in [0.05, 0.1) is 5.30 Å². The van der Waals surface area contributed by atoms with Crippen molar-refractivity contribution in [2.45, 2.75) is 0 Å². The first kappa shape index (κ1) is 20.8. The molecule has 6 aromatic carbocycles. The second-order valence-electron chi connectivity index (χ2n) is 9.37. The fourth-order valence-electron chi connectivity index (χ4n) is 5.56. The van der Waals surface area contributed by atoms with E-state index in [0.29, 0.717) is 0 Å². The van der Waals surface area contributed by atoms with E-state index in [4.69, 9.17) is 9.47 Å². The summed E-state index contributed by atoms with van der Waals surface area (Å²) in [5.41, 5.74) is 4.63. The summed E-state index contributed by atoms with van der Waals surface area (Å²) in [7, 11) is -0.807. The Hall–Kier alpha value is -4.39. The van der Waals surface area contributed by atoms with Crippen molar-refractivity contribution in [1.82, 2.24) is 0 Å². The summed E-state index contributed by atoms with van der Waals surface area (Å²) in [4.78, 5) is 0. The first-order valence-electron chi connectivity index (χ1n) is 12.4. The Morgan fingerprint density at radius 1 is 0.459 bits per heavy atom. The van der Waals surface area contributed by atoms with Crippen LogP contribution in [0.1, 0.15) is 0 Å². The number of ether oxygens (including phenoxy) is 2. The molecule has 2 heterocycles. The van der Waals surface area contributed by atoms with Crippen LogP contribution in [0.25, 0.3) is 33.0 Å². The minimum absolute atomic E-state index is 0.807. The van der Waals surface area contributed by atoms with E-state index in [1.54, 1.807) is 0 Å². The molecule has 0 aromatic heterocycles. The lowest BCUT2D eigenvalue weighted by molar-refractivity contribution is 0.469. The van der Waals surface area contributed by atoms with Gasteiger partial charge >= 0.3 is 0 Å². The van der Waals surface area contributed by atoms with Crippen LogP contribution < -0.4 is 25.4 Å². The van der Waals surface area contributed by atoms with E-state index >= 15 is 0 Å². The van der Waals surface area contributed by atoms with Crippen molar-refractivity contribution in [1.29, 1.82) is 0 Å². The molecule has 1 unspecified atom stereocenters. The molecule has 2 aliphatic rings. The van der Waals surface area contributed by atoms with E-state index in [1.165, 1.54) is 27.1 Å². The van der Waals surface area contributed by atoms with Crippen molar-refractivity contribution in [3.63, 3.8) is 0 Å². The number of hydrogen-bond donors (Lipinski definition) is 0. The average molecular weight is 493 g/mol. The first-order chi connectivity index (χ1) is 18.3. The highest BCUT2D eigenvalue weighted by atomic mass is 31.1. The van der Waals surface area contributed by atoms with Crippen molar-refractivity contribution in [2.24, 2.45) is 0 Å². The minimum Gasteiger partial charge on any atom is -0.456 e. The third kappa shape index (κ3) is 3.16. The maximum absolute atomic E-state index is 6.80. The average Bonchev–Trinajstić information content (AvgIpc) is 2.97. The lowest BCUT2D eigenvalue weighted by Gasteiger charge is -2.35. The smallest absolute Gasteiger partial charge is 0.143 e. The first-order valence-corrected chi connectivity index (χ1v) is 13.8. The molecule has 1 atom stereocenters. The molecular formula is C34H21O2P. The largest absolute Gasteiger partial charge is 0.456 e. The Kier molecular flexibility index (Phi) is 4.53. The summed E-state index contributed by atoms with van der Waals surface area (Å²) in [5.74, 6) is 3.67. The zero-order valence-electron chi connectivity index (χ0n) is 19.9. The van der Waals surface area contributed by atoms with Gasteiger partial charge in [-0.2, -0.15) is 0 Å². The normalized spacial score (nSPS) is 14.6. The molecule has 0 radical (unpaired) electrons. The summed E-state index contributed by atoms with van der Waals surface area (Å²) < 4.78 is 13.4. The molecule has 0 aliphatic carbocycles. The van der Waals surface area contributed by atoms with Gasteiger partial charge in [-0.25, -0.2) is 0 Å². The lowest BCUT2D eigenvalue weighted by atomic mass is 9.94. The Morgan fingerprint density at radius 2 is 1.14 bits per heavy atom. The van der Waals surface area contributed by atoms with Gasteiger partial charge in [-0.1, -0.05) is 103 Å². The van der Waals surface area contributed by atoms with Gasteiger partial charge in [-0.15, -0.1) is 0 Å². The molecule has 174 valence electrons. The van der Waals surface area contributed by atoms with Crippen molar-refractivity contribution in [3.05, 3.63) is 127 Å². The van der Waals surface area contributed by atoms with Crippen LogP contribution in [-0.2, 0) is 0 Å². The Balaban J connectivity index is 1.40. The summed E-state index contributed by atoms with van der Waals surface area (Å²) in [5, 5.41) is 5.98. The lowest BCUT2D eigenvalue weighted by Crippen LogP contribution is -2.32. The highest BCUT2D eigenvalue weighted by molar-refractivity contribution is 7.80. The van der Waals surface area contributed by atoms with Crippen LogP contribution in [0.15, 0.2) is 127 Å². The Bertz CT molecular complexity index is 1840. The zero-order chi connectivity index (χ0) is 24.3. The van der Waals surface area contributed by atoms with Crippen LogP contribution in [0.3, 0.4) is 0 Å². The third-order valence-corrected chi connectivity index (χ3v) is 9.80. The molecule has 2 nitrogen and oxygen atoms in total. The van der Waals surface area contributed by atoms with Gasteiger partial charge in [-0.3, -0.25) is 0 Å². The van der Waals surface area contributed by atoms with Gasteiger partial charge in [0.15, 0.2) is 0 Å². The number of benzene rings is 6. The third-order valence-electron chi connectivity index (χ3n) is 7.22. The monoisotopic (exact) mass is 492 g/mol. The highest BCUT2D eigenvalue weighted by Crippen LogP contribution is 2.55. The van der Waals surface area contributed by atoms with Crippen LogP contribution in [0.4, 0.5) is 0 Å². The summed E-state index contributed by atoms with van der Waals surface area (Å²) in [6.07, 6.45) is 0. The summed E-state index contributed by atoms with van der Waals surface area (Å²) in [6.45, 7) is 0. The maximum Gasteiger partial charge on any atom is 0.143 e. The van der Waals surface area contributed by atoms with Crippen molar-refractivity contribution in [3.8, 4) is 45.3 Å². The number of para-hydroxylation sites is 1. The Labute approximate surface area is 216 Å². The molecule has 0 fully saturated rings. The van der Waals surface area contributed by atoms with Gasteiger partial charge in [0, 0.05) is 23.9 Å². The van der Waals surface area contributed by atoms with Crippen LogP contribution in [0.2, 0.25) is 0 Å². The van der Waals surface area contributed by atoms with Crippen LogP contribution in [0, 0.1) is 0 Å². The van der Waals surface area contributed by atoms with Gasteiger partial charge in [-0.05, 0) is 51.9 Å². The van der Waals surface area contributed by atoms with E-state index in [2.05, 4.69) is 127 Å². The standard InChI is InChI=1S/C34H21O2P/c1-2-10-22(11-3-1)25-13-6-7-14-26(25)24-20-29-34-30(21-24)36-33-27-15-5-4-12-23(27)18-19-32(33)37(34)31-17-9-8-16-28(31)35-29/h1-21H. The van der Waals surface area contributed by atoms with Gasteiger partial charge < -0.3 is 9.47 Å². The summed E-state index contributed by atoms with van der Waals surface area (Å²) >= 11 is 0. The fraction of sp³-hybridized carbons (Fsp3) is 0. The fourth-order valence-corrected chi connectivity index (χ4v) is 8.13. The molecule has 37 heavy (non-hydrogen) atoms. The Morgan fingerprint density at radius 3 is 2.00 bits per heavy atom. The zero-order valence-corrected chi connectivity index (χ0v) is 20.8. The van der Waals surface area contributed by atoms with E-state index < -0.39 is 7.92 Å². The second kappa shape index (κ2) is 8.06. The molecule has 0 spiro atoms. The molecule has 6 aromatic rings. The van der Waals surface area contributed by atoms with Gasteiger partial charge in [0.2, 0.25) is 0 Å². The quantitative estimate of drug-likeness (QED) is 0.227. The molecule has 0 saturated carbocycles. The molecule has 0 saturated heterocycles. The molecule has 3 heteroatoms. The molecule has 0 N–H and O–H groups in total. The number of hydrogen-bond acceptors (Lipinski definition) is 2. The number of rotatable bonds is 2. The maximum atomic E-state index is 6.80. The van der Waals surface area contributed by atoms with Crippen molar-refractivity contribution in [2.75, 3.05) is 0 Å². The van der Waals surface area contributed by atoms with E-state index in [9.17, 15) is 0 Å². The summed E-state index contributed by atoms with van der Waals surface area (Å²) in [6, 6.07) is 44.9. The molecule has 0 amide bonds. The van der Waals surface area contributed by atoms with Gasteiger partial charge in [0.1, 0.15) is 23.0 Å². The van der Waals surface area contributed by atoms with E-state index in [1.807, 2.05) is 0 Å². The van der Waals surface area contributed by atoms with Gasteiger partial charge in [0.25, 0.3) is 0 Å². The highest BCUT2D eigenvalue weighted by Gasteiger charge is 2.38. The van der Waals surface area contributed by atoms with E-state index in [0.717, 1.165) is 44.8 Å². The van der Waals surface area contributed by atoms with Crippen molar-refractivity contribution < 1.29 is 9.47 Å². The van der Waals surface area contributed by atoms with Crippen molar-refractivity contribution >= 4 is 34.6 Å². The minimum atomic E-state index is -0.807.